The van der Waals surface area contributed by atoms with Crippen molar-refractivity contribution in [2.24, 2.45) is 0 Å². The van der Waals surface area contributed by atoms with Gasteiger partial charge >= 0.3 is 0 Å². The van der Waals surface area contributed by atoms with Gasteiger partial charge in [-0.1, -0.05) is 18.2 Å². The predicted molar refractivity (Wildman–Crippen MR) is 116 cm³/mol. The highest BCUT2D eigenvalue weighted by atomic mass is 32.2. The summed E-state index contributed by atoms with van der Waals surface area (Å²) in [5.74, 6) is -0.881. The minimum absolute atomic E-state index is 0.00555. The Morgan fingerprint density at radius 2 is 1.52 bits per heavy atom. The normalized spacial score (nSPS) is 10.4. The maximum absolute atomic E-state index is 13.7. The highest BCUT2D eigenvalue weighted by molar-refractivity contribution is 8.00. The summed E-state index contributed by atoms with van der Waals surface area (Å²) >= 11 is 1.40. The number of thioether (sulfide) groups is 1. The molecule has 0 fully saturated rings. The molecule has 2 N–H and O–H groups in total. The minimum Gasteiger partial charge on any atom is -0.325 e. The molecule has 0 aliphatic carbocycles. The lowest BCUT2D eigenvalue weighted by Crippen LogP contribution is -2.14. The summed E-state index contributed by atoms with van der Waals surface area (Å²) in [6.45, 7) is 3.98. The van der Waals surface area contributed by atoms with Crippen molar-refractivity contribution < 1.29 is 14.0 Å². The summed E-state index contributed by atoms with van der Waals surface area (Å²) in [4.78, 5) is 25.2. The van der Waals surface area contributed by atoms with Gasteiger partial charge < -0.3 is 10.6 Å². The predicted octanol–water partition coefficient (Wildman–Crippen LogP) is 5.43. The number of rotatable bonds is 6. The molecule has 6 heteroatoms. The van der Waals surface area contributed by atoms with E-state index < -0.39 is 11.7 Å². The van der Waals surface area contributed by atoms with Crippen LogP contribution in [-0.4, -0.2) is 17.6 Å². The van der Waals surface area contributed by atoms with Gasteiger partial charge in [-0.05, 0) is 73.5 Å². The van der Waals surface area contributed by atoms with Gasteiger partial charge in [0.15, 0.2) is 0 Å². The second-order valence-electron chi connectivity index (χ2n) is 6.67. The van der Waals surface area contributed by atoms with Crippen molar-refractivity contribution in [1.82, 2.24) is 0 Å². The van der Waals surface area contributed by atoms with Crippen LogP contribution in [0.1, 0.15) is 21.5 Å². The molecule has 148 valence electrons. The SMILES string of the molecule is Cc1cc(C)cc(NC(=O)CSc2ccc(NC(=O)c3ccccc3F)cc2)c1. The summed E-state index contributed by atoms with van der Waals surface area (Å²) in [6, 6.07) is 18.8. The summed E-state index contributed by atoms with van der Waals surface area (Å²) in [5, 5.41) is 5.57. The maximum atomic E-state index is 13.7. The molecule has 0 unspecified atom stereocenters. The fraction of sp³-hybridized carbons (Fsp3) is 0.130. The number of nitrogens with one attached hydrogen (secondary N) is 2. The number of carbonyl (C=O) groups excluding carboxylic acids is 2. The Hall–Kier alpha value is -3.12. The largest absolute Gasteiger partial charge is 0.325 e. The first-order valence-electron chi connectivity index (χ1n) is 9.07. The zero-order chi connectivity index (χ0) is 20.8. The van der Waals surface area contributed by atoms with E-state index in [1.165, 1.54) is 30.0 Å². The van der Waals surface area contributed by atoms with E-state index in [0.29, 0.717) is 5.69 Å². The fourth-order valence-electron chi connectivity index (χ4n) is 2.87. The molecule has 0 atom stereocenters. The van der Waals surface area contributed by atoms with Crippen LogP contribution in [0, 0.1) is 19.7 Å². The standard InChI is InChI=1S/C23H21FN2O2S/c1-15-11-16(2)13-18(12-15)25-22(27)14-29-19-9-7-17(8-10-19)26-23(28)20-5-3-4-6-21(20)24/h3-13H,14H2,1-2H3,(H,25,27)(H,26,28). The van der Waals surface area contributed by atoms with Crippen LogP contribution in [0.2, 0.25) is 0 Å². The second-order valence-corrected chi connectivity index (χ2v) is 7.72. The van der Waals surface area contributed by atoms with Gasteiger partial charge in [-0.3, -0.25) is 9.59 Å². The monoisotopic (exact) mass is 408 g/mol. The number of anilines is 2. The van der Waals surface area contributed by atoms with E-state index in [9.17, 15) is 14.0 Å². The van der Waals surface area contributed by atoms with E-state index in [0.717, 1.165) is 21.7 Å². The van der Waals surface area contributed by atoms with Crippen molar-refractivity contribution in [1.29, 1.82) is 0 Å². The van der Waals surface area contributed by atoms with Crippen LogP contribution in [0.3, 0.4) is 0 Å². The molecule has 0 aliphatic heterocycles. The quantitative estimate of drug-likeness (QED) is 0.535. The zero-order valence-electron chi connectivity index (χ0n) is 16.2. The molecule has 0 spiro atoms. The van der Waals surface area contributed by atoms with E-state index in [-0.39, 0.29) is 17.2 Å². The van der Waals surface area contributed by atoms with E-state index in [4.69, 9.17) is 0 Å². The van der Waals surface area contributed by atoms with Gasteiger partial charge in [0.25, 0.3) is 5.91 Å². The van der Waals surface area contributed by atoms with Gasteiger partial charge in [0.2, 0.25) is 5.91 Å². The molecule has 0 bridgehead atoms. The lowest BCUT2D eigenvalue weighted by atomic mass is 10.1. The molecule has 0 aromatic heterocycles. The molecule has 0 saturated carbocycles. The lowest BCUT2D eigenvalue weighted by molar-refractivity contribution is -0.113. The average Bonchev–Trinajstić information content (AvgIpc) is 2.67. The number of halogens is 1. The van der Waals surface area contributed by atoms with Gasteiger partial charge in [-0.15, -0.1) is 11.8 Å². The molecule has 4 nitrogen and oxygen atoms in total. The number of carbonyl (C=O) groups is 2. The molecule has 3 aromatic rings. The van der Waals surface area contributed by atoms with Crippen molar-refractivity contribution in [3.8, 4) is 0 Å². The third-order valence-electron chi connectivity index (χ3n) is 4.11. The minimum atomic E-state index is -0.563. The van der Waals surface area contributed by atoms with E-state index in [2.05, 4.69) is 16.7 Å². The number of hydrogen-bond acceptors (Lipinski definition) is 3. The van der Waals surface area contributed by atoms with Gasteiger partial charge in [0, 0.05) is 16.3 Å². The zero-order valence-corrected chi connectivity index (χ0v) is 17.0. The van der Waals surface area contributed by atoms with Crippen molar-refractivity contribution >= 4 is 35.0 Å². The Morgan fingerprint density at radius 3 is 2.17 bits per heavy atom. The maximum Gasteiger partial charge on any atom is 0.258 e. The molecule has 0 heterocycles. The highest BCUT2D eigenvalue weighted by Gasteiger charge is 2.11. The van der Waals surface area contributed by atoms with Gasteiger partial charge in [-0.25, -0.2) is 4.39 Å². The number of amides is 2. The summed E-state index contributed by atoms with van der Waals surface area (Å²) in [6.07, 6.45) is 0. The topological polar surface area (TPSA) is 58.2 Å². The van der Waals surface area contributed by atoms with Crippen molar-refractivity contribution in [3.63, 3.8) is 0 Å². The van der Waals surface area contributed by atoms with Crippen LogP contribution in [0.25, 0.3) is 0 Å². The van der Waals surface area contributed by atoms with E-state index in [1.54, 1.807) is 18.2 Å². The molecule has 3 aromatic carbocycles. The molecule has 0 aliphatic rings. The first-order valence-corrected chi connectivity index (χ1v) is 10.1. The molecular formula is C23H21FN2O2S. The average molecular weight is 408 g/mol. The number of aryl methyl sites for hydroxylation is 2. The van der Waals surface area contributed by atoms with Gasteiger partial charge in [0.1, 0.15) is 5.82 Å². The van der Waals surface area contributed by atoms with Crippen LogP contribution in [0.15, 0.2) is 71.6 Å². The lowest BCUT2D eigenvalue weighted by Gasteiger charge is -2.09. The van der Waals surface area contributed by atoms with Crippen molar-refractivity contribution in [3.05, 3.63) is 89.2 Å². The van der Waals surface area contributed by atoms with E-state index in [1.807, 2.05) is 38.1 Å². The van der Waals surface area contributed by atoms with Crippen LogP contribution in [-0.2, 0) is 4.79 Å². The van der Waals surface area contributed by atoms with Crippen LogP contribution >= 0.6 is 11.8 Å². The molecule has 0 radical (unpaired) electrons. The molecule has 0 saturated heterocycles. The fourth-order valence-corrected chi connectivity index (χ4v) is 3.57. The second kappa shape index (κ2) is 9.39. The van der Waals surface area contributed by atoms with Crippen LogP contribution in [0.4, 0.5) is 15.8 Å². The van der Waals surface area contributed by atoms with Crippen molar-refractivity contribution in [2.75, 3.05) is 16.4 Å². The Morgan fingerprint density at radius 1 is 0.862 bits per heavy atom. The van der Waals surface area contributed by atoms with Crippen LogP contribution < -0.4 is 10.6 Å². The van der Waals surface area contributed by atoms with Crippen LogP contribution in [0.5, 0.6) is 0 Å². The summed E-state index contributed by atoms with van der Waals surface area (Å²) in [7, 11) is 0. The Kier molecular flexibility index (Phi) is 6.67. The number of hydrogen-bond donors (Lipinski definition) is 2. The third-order valence-corrected chi connectivity index (χ3v) is 5.12. The first kappa shape index (κ1) is 20.6. The summed E-state index contributed by atoms with van der Waals surface area (Å²) in [5.41, 5.74) is 3.54. The molecule has 2 amide bonds. The van der Waals surface area contributed by atoms with Crippen molar-refractivity contribution in [2.45, 2.75) is 18.7 Å². The molecular weight excluding hydrogens is 387 g/mol. The van der Waals surface area contributed by atoms with E-state index >= 15 is 0 Å². The molecule has 3 rings (SSSR count). The highest BCUT2D eigenvalue weighted by Crippen LogP contribution is 2.22. The molecule has 29 heavy (non-hydrogen) atoms. The van der Waals surface area contributed by atoms with Gasteiger partial charge in [0.05, 0.1) is 11.3 Å². The third kappa shape index (κ3) is 5.93. The Bertz CT molecular complexity index is 1020. The Balaban J connectivity index is 1.53. The summed E-state index contributed by atoms with van der Waals surface area (Å²) < 4.78 is 13.7. The first-order chi connectivity index (χ1) is 13.9. The Labute approximate surface area is 173 Å². The number of benzene rings is 3. The smallest absolute Gasteiger partial charge is 0.258 e. The van der Waals surface area contributed by atoms with Gasteiger partial charge in [-0.2, -0.15) is 0 Å².